The molecule has 0 bridgehead atoms. The molecule has 3 aromatic rings. The number of aromatic nitrogens is 2. The first-order valence-corrected chi connectivity index (χ1v) is 5.29. The van der Waals surface area contributed by atoms with Crippen LogP contribution in [0.15, 0.2) is 41.3 Å². The number of hydrogen-bond acceptors (Lipinski definition) is 2. The highest BCUT2D eigenvalue weighted by Gasteiger charge is 2.04. The van der Waals surface area contributed by atoms with Crippen LogP contribution in [0.1, 0.15) is 0 Å². The summed E-state index contributed by atoms with van der Waals surface area (Å²) in [7, 11) is 0. The van der Waals surface area contributed by atoms with Crippen molar-refractivity contribution in [2.24, 2.45) is 0 Å². The van der Waals surface area contributed by atoms with E-state index in [4.69, 9.17) is 0 Å². The van der Waals surface area contributed by atoms with Gasteiger partial charge in [0.1, 0.15) is 16.0 Å². The van der Waals surface area contributed by atoms with E-state index in [0.29, 0.717) is 0 Å². The fourth-order valence-electron chi connectivity index (χ4n) is 1.72. The van der Waals surface area contributed by atoms with Gasteiger partial charge in [-0.2, -0.15) is 0 Å². The molecule has 0 aliphatic rings. The van der Waals surface area contributed by atoms with E-state index in [1.54, 1.807) is 12.1 Å². The second-order valence-corrected chi connectivity index (χ2v) is 4.19. The van der Waals surface area contributed by atoms with E-state index in [1.807, 2.05) is 28.9 Å². The summed E-state index contributed by atoms with van der Waals surface area (Å²) < 4.78 is 2.71. The lowest BCUT2D eigenvalue weighted by atomic mass is 10.1. The minimum absolute atomic E-state index is 0.259. The number of phenols is 1. The molecule has 74 valence electrons. The average Bonchev–Trinajstić information content (AvgIpc) is 2.58. The van der Waals surface area contributed by atoms with Gasteiger partial charge in [0.25, 0.3) is 0 Å². The van der Waals surface area contributed by atoms with E-state index in [0.717, 1.165) is 21.0 Å². The van der Waals surface area contributed by atoms with Crippen LogP contribution in [0.4, 0.5) is 0 Å². The van der Waals surface area contributed by atoms with Crippen molar-refractivity contribution in [2.45, 2.75) is 0 Å². The van der Waals surface area contributed by atoms with Gasteiger partial charge in [-0.25, -0.2) is 4.98 Å². The van der Waals surface area contributed by atoms with E-state index in [2.05, 4.69) is 20.9 Å². The molecule has 2 aromatic heterocycles. The Morgan fingerprint density at radius 2 is 2.13 bits per heavy atom. The van der Waals surface area contributed by atoms with Gasteiger partial charge in [0.05, 0.1) is 0 Å². The molecule has 15 heavy (non-hydrogen) atoms. The SMILES string of the molecule is Oc1ccc2ccn3cc(Br)nc3c2c1. The lowest BCUT2D eigenvalue weighted by molar-refractivity contribution is 0.476. The predicted molar refractivity (Wildman–Crippen MR) is 62.1 cm³/mol. The Bertz CT molecular complexity index is 660. The number of imidazole rings is 1. The van der Waals surface area contributed by atoms with Crippen molar-refractivity contribution >= 4 is 32.3 Å². The monoisotopic (exact) mass is 262 g/mol. The Kier molecular flexibility index (Phi) is 1.73. The van der Waals surface area contributed by atoms with E-state index < -0.39 is 0 Å². The molecule has 1 N–H and O–H groups in total. The Labute approximate surface area is 94.1 Å². The largest absolute Gasteiger partial charge is 0.508 e. The molecule has 3 nitrogen and oxygen atoms in total. The summed E-state index contributed by atoms with van der Waals surface area (Å²) in [5, 5.41) is 11.5. The Balaban J connectivity index is 2.56. The van der Waals surface area contributed by atoms with Gasteiger partial charge in [-0.1, -0.05) is 6.07 Å². The molecule has 0 atom stereocenters. The average molecular weight is 263 g/mol. The van der Waals surface area contributed by atoms with Crippen molar-refractivity contribution in [2.75, 3.05) is 0 Å². The highest BCUT2D eigenvalue weighted by atomic mass is 79.9. The molecule has 0 amide bonds. The molecule has 1 aromatic carbocycles. The lowest BCUT2D eigenvalue weighted by Gasteiger charge is -2.00. The number of phenolic OH excluding ortho intramolecular Hbond substituents is 1. The number of pyridine rings is 1. The Morgan fingerprint density at radius 1 is 1.27 bits per heavy atom. The van der Waals surface area contributed by atoms with Crippen LogP contribution in [0.2, 0.25) is 0 Å². The molecule has 3 rings (SSSR count). The zero-order valence-electron chi connectivity index (χ0n) is 7.68. The fourth-order valence-corrected chi connectivity index (χ4v) is 2.11. The number of rotatable bonds is 0. The van der Waals surface area contributed by atoms with Crippen LogP contribution in [0.5, 0.6) is 5.75 Å². The Hall–Kier alpha value is -1.55. The molecule has 0 saturated heterocycles. The third-order valence-corrected chi connectivity index (χ3v) is 2.78. The molecule has 4 heteroatoms. The summed E-state index contributed by atoms with van der Waals surface area (Å²) in [6.07, 6.45) is 3.84. The molecular formula is C11H7BrN2O. The maximum absolute atomic E-state index is 9.45. The van der Waals surface area contributed by atoms with Gasteiger partial charge in [0, 0.05) is 17.8 Å². The normalized spacial score (nSPS) is 11.3. The Morgan fingerprint density at radius 3 is 3.00 bits per heavy atom. The van der Waals surface area contributed by atoms with Crippen LogP contribution < -0.4 is 0 Å². The molecule has 0 unspecified atom stereocenters. The third kappa shape index (κ3) is 1.29. The smallest absolute Gasteiger partial charge is 0.146 e. The maximum Gasteiger partial charge on any atom is 0.146 e. The second-order valence-electron chi connectivity index (χ2n) is 3.38. The van der Waals surface area contributed by atoms with E-state index in [-0.39, 0.29) is 5.75 Å². The summed E-state index contributed by atoms with van der Waals surface area (Å²) >= 11 is 3.33. The first-order valence-electron chi connectivity index (χ1n) is 4.50. The molecule has 0 saturated carbocycles. The van der Waals surface area contributed by atoms with Crippen LogP contribution in [-0.2, 0) is 0 Å². The minimum atomic E-state index is 0.259. The molecular weight excluding hydrogens is 256 g/mol. The van der Waals surface area contributed by atoms with Crippen molar-refractivity contribution in [3.8, 4) is 5.75 Å². The number of fused-ring (bicyclic) bond motifs is 3. The van der Waals surface area contributed by atoms with Crippen molar-refractivity contribution in [3.05, 3.63) is 41.3 Å². The summed E-state index contributed by atoms with van der Waals surface area (Å²) in [6.45, 7) is 0. The van der Waals surface area contributed by atoms with E-state index in [1.165, 1.54) is 0 Å². The van der Waals surface area contributed by atoms with Crippen molar-refractivity contribution in [1.82, 2.24) is 9.38 Å². The van der Waals surface area contributed by atoms with E-state index in [9.17, 15) is 5.11 Å². The quantitative estimate of drug-likeness (QED) is 0.677. The second kappa shape index (κ2) is 2.97. The first kappa shape index (κ1) is 8.73. The van der Waals surface area contributed by atoms with Crippen LogP contribution >= 0.6 is 15.9 Å². The van der Waals surface area contributed by atoms with Gasteiger partial charge in [-0.05, 0) is 39.5 Å². The molecule has 0 spiro atoms. The van der Waals surface area contributed by atoms with Gasteiger partial charge in [-0.15, -0.1) is 0 Å². The highest BCUT2D eigenvalue weighted by molar-refractivity contribution is 9.10. The zero-order chi connectivity index (χ0) is 10.4. The standard InChI is InChI=1S/C11H7BrN2O/c12-10-6-14-4-3-7-1-2-8(15)5-9(7)11(14)13-10/h1-6,15H. The highest BCUT2D eigenvalue weighted by Crippen LogP contribution is 2.24. The fraction of sp³-hybridized carbons (Fsp3) is 0. The summed E-state index contributed by atoms with van der Waals surface area (Å²) in [5.74, 6) is 0.259. The predicted octanol–water partition coefficient (Wildman–Crippen LogP) is 2.96. The number of nitrogens with zero attached hydrogens (tertiary/aromatic N) is 2. The topological polar surface area (TPSA) is 37.5 Å². The summed E-state index contributed by atoms with van der Waals surface area (Å²) in [5.41, 5.74) is 0.843. The molecule has 0 radical (unpaired) electrons. The van der Waals surface area contributed by atoms with Crippen LogP contribution in [0.3, 0.4) is 0 Å². The molecule has 0 aliphatic carbocycles. The van der Waals surface area contributed by atoms with Gasteiger partial charge < -0.3 is 9.51 Å². The third-order valence-electron chi connectivity index (χ3n) is 2.40. The first-order chi connectivity index (χ1) is 7.24. The summed E-state index contributed by atoms with van der Waals surface area (Å²) in [6, 6.07) is 7.28. The van der Waals surface area contributed by atoms with Gasteiger partial charge >= 0.3 is 0 Å². The number of benzene rings is 1. The van der Waals surface area contributed by atoms with Gasteiger partial charge in [0.15, 0.2) is 0 Å². The minimum Gasteiger partial charge on any atom is -0.508 e. The molecule has 2 heterocycles. The van der Waals surface area contributed by atoms with Crippen LogP contribution in [0, 0.1) is 0 Å². The number of aromatic hydroxyl groups is 1. The van der Waals surface area contributed by atoms with Crippen LogP contribution in [-0.4, -0.2) is 14.5 Å². The van der Waals surface area contributed by atoms with Gasteiger partial charge in [-0.3, -0.25) is 0 Å². The number of hydrogen-bond donors (Lipinski definition) is 1. The van der Waals surface area contributed by atoms with E-state index >= 15 is 0 Å². The summed E-state index contributed by atoms with van der Waals surface area (Å²) in [4.78, 5) is 4.35. The maximum atomic E-state index is 9.45. The molecule has 0 aliphatic heterocycles. The zero-order valence-corrected chi connectivity index (χ0v) is 9.27. The number of halogens is 1. The molecule has 0 fully saturated rings. The van der Waals surface area contributed by atoms with Crippen molar-refractivity contribution in [3.63, 3.8) is 0 Å². The van der Waals surface area contributed by atoms with Gasteiger partial charge in [0.2, 0.25) is 0 Å². The van der Waals surface area contributed by atoms with Crippen molar-refractivity contribution in [1.29, 1.82) is 0 Å². The van der Waals surface area contributed by atoms with Crippen LogP contribution in [0.25, 0.3) is 16.4 Å². The van der Waals surface area contributed by atoms with Crippen molar-refractivity contribution < 1.29 is 5.11 Å². The lowest BCUT2D eigenvalue weighted by Crippen LogP contribution is -1.83.